The molecular weight excluding hydrogens is 323 g/mol. The van der Waals surface area contributed by atoms with Crippen molar-refractivity contribution in [1.29, 1.82) is 0 Å². The Balaban J connectivity index is 5.64. The molecule has 1 amide bonds. The van der Waals surface area contributed by atoms with Crippen LogP contribution in [0.15, 0.2) is 12.8 Å². The normalized spacial score (nSPS) is 16.3. The number of carbonyl (C=O) groups is 1. The van der Waals surface area contributed by atoms with E-state index < -0.39 is 22.8 Å². The number of sulfonamides is 1. The van der Waals surface area contributed by atoms with Crippen molar-refractivity contribution in [2.45, 2.75) is 25.5 Å². The zero-order valence-corrected chi connectivity index (χ0v) is 14.8. The fourth-order valence-corrected chi connectivity index (χ4v) is 8.74. The number of ether oxygens (including phenoxy) is 1. The van der Waals surface area contributed by atoms with E-state index in [0.29, 0.717) is 6.42 Å². The van der Waals surface area contributed by atoms with Gasteiger partial charge in [-0.2, -0.15) is 0 Å². The fraction of sp³-hybridized carbons (Fsp3) is 0.700. The molecule has 0 bridgehead atoms. The van der Waals surface area contributed by atoms with Crippen LogP contribution in [0.5, 0.6) is 0 Å². The van der Waals surface area contributed by atoms with Crippen molar-refractivity contribution in [2.75, 3.05) is 20.4 Å². The Morgan fingerprint density at radius 3 is 2.35 bits per heavy atom. The van der Waals surface area contributed by atoms with Crippen LogP contribution in [0.3, 0.4) is 0 Å². The van der Waals surface area contributed by atoms with E-state index in [1.165, 1.54) is 14.1 Å². The van der Waals surface area contributed by atoms with E-state index in [9.17, 15) is 17.8 Å². The predicted octanol–water partition coefficient (Wildman–Crippen LogP) is 2.73. The molecule has 2 atom stereocenters. The molecule has 2 unspecified atom stereocenters. The molecule has 7 nitrogen and oxygen atoms in total. The molecular formula is C10H21N2O5PS2. The second kappa shape index (κ2) is 7.49. The van der Waals surface area contributed by atoms with Crippen molar-refractivity contribution in [3.05, 3.63) is 12.8 Å². The lowest BCUT2D eigenvalue weighted by atomic mass is 10.4. The SMILES string of the molecule is C=COC(=O)N(C)P(=O)(SC(C)CC)N(C)S(C)(=O)=O. The number of hydrogen-bond donors (Lipinski definition) is 0. The first kappa shape index (κ1) is 19.5. The van der Waals surface area contributed by atoms with Crippen LogP contribution in [0.25, 0.3) is 0 Å². The predicted molar refractivity (Wildman–Crippen MR) is 82.0 cm³/mol. The molecule has 0 aromatic rings. The molecule has 0 radical (unpaired) electrons. The first-order chi connectivity index (χ1) is 9.00. The standard InChI is InChI=1S/C10H21N2O5PS2/c1-7-9(3)19-18(14,12(5)20(6,15)16)11(4)10(13)17-8-2/h8-9H,2,7H2,1,3-6H3. The Morgan fingerprint density at radius 1 is 1.50 bits per heavy atom. The number of amides is 1. The summed E-state index contributed by atoms with van der Waals surface area (Å²) in [5.74, 6) is 0. The molecule has 20 heavy (non-hydrogen) atoms. The van der Waals surface area contributed by atoms with Crippen LogP contribution in [-0.2, 0) is 19.3 Å². The maximum Gasteiger partial charge on any atom is 0.421 e. The lowest BCUT2D eigenvalue weighted by Crippen LogP contribution is -2.33. The molecule has 0 rings (SSSR count). The molecule has 0 saturated heterocycles. The number of carbonyl (C=O) groups excluding carboxylic acids is 1. The third-order valence-corrected chi connectivity index (χ3v) is 11.4. The third kappa shape index (κ3) is 4.80. The lowest BCUT2D eigenvalue weighted by Gasteiger charge is -2.33. The van der Waals surface area contributed by atoms with Gasteiger partial charge in [-0.25, -0.2) is 17.9 Å². The van der Waals surface area contributed by atoms with Crippen molar-refractivity contribution in [2.24, 2.45) is 0 Å². The number of nitrogens with zero attached hydrogens (tertiary/aromatic N) is 2. The van der Waals surface area contributed by atoms with E-state index >= 15 is 0 Å². The lowest BCUT2D eigenvalue weighted by molar-refractivity contribution is 0.168. The summed E-state index contributed by atoms with van der Waals surface area (Å²) >= 11 is 0.937. The molecule has 0 heterocycles. The average molecular weight is 344 g/mol. The van der Waals surface area contributed by atoms with Crippen molar-refractivity contribution in [1.82, 2.24) is 8.75 Å². The minimum atomic E-state index is -3.73. The second-order valence-electron chi connectivity index (χ2n) is 4.09. The van der Waals surface area contributed by atoms with Gasteiger partial charge in [-0.3, -0.25) is 4.57 Å². The van der Waals surface area contributed by atoms with Crippen LogP contribution in [0.1, 0.15) is 20.3 Å². The molecule has 0 fully saturated rings. The molecule has 118 valence electrons. The highest BCUT2D eigenvalue weighted by molar-refractivity contribution is 8.58. The van der Waals surface area contributed by atoms with Crippen LogP contribution in [0.2, 0.25) is 0 Å². The Morgan fingerprint density at radius 2 is 2.00 bits per heavy atom. The molecule has 0 spiro atoms. The van der Waals surface area contributed by atoms with Crippen LogP contribution in [0, 0.1) is 0 Å². The molecule has 0 aliphatic heterocycles. The zero-order chi connectivity index (χ0) is 16.1. The quantitative estimate of drug-likeness (QED) is 0.521. The summed E-state index contributed by atoms with van der Waals surface area (Å²) in [7, 11) is -1.31. The van der Waals surface area contributed by atoms with E-state index in [1.807, 2.05) is 6.92 Å². The van der Waals surface area contributed by atoms with Gasteiger partial charge in [0.25, 0.3) is 0 Å². The van der Waals surface area contributed by atoms with E-state index in [-0.39, 0.29) is 5.25 Å². The van der Waals surface area contributed by atoms with Crippen molar-refractivity contribution < 1.29 is 22.5 Å². The molecule has 0 aromatic heterocycles. The highest BCUT2D eigenvalue weighted by Crippen LogP contribution is 2.65. The van der Waals surface area contributed by atoms with Gasteiger partial charge in [0.1, 0.15) is 0 Å². The topological polar surface area (TPSA) is 84.0 Å². The average Bonchev–Trinajstić information content (AvgIpc) is 2.35. The summed E-state index contributed by atoms with van der Waals surface area (Å²) in [6, 6.07) is 0. The molecule has 0 saturated carbocycles. The van der Waals surface area contributed by atoms with Crippen LogP contribution in [-0.4, -0.2) is 48.9 Å². The second-order valence-corrected chi connectivity index (χ2v) is 11.6. The third-order valence-electron chi connectivity index (χ3n) is 2.56. The maximum absolute atomic E-state index is 13.0. The maximum atomic E-state index is 13.0. The van der Waals surface area contributed by atoms with E-state index in [2.05, 4.69) is 11.3 Å². The number of hydrogen-bond acceptors (Lipinski definition) is 6. The van der Waals surface area contributed by atoms with Crippen LogP contribution in [0.4, 0.5) is 4.79 Å². The molecule has 0 aliphatic rings. The van der Waals surface area contributed by atoms with Crippen molar-refractivity contribution >= 4 is 34.1 Å². The van der Waals surface area contributed by atoms with Gasteiger partial charge < -0.3 is 4.74 Å². The summed E-state index contributed by atoms with van der Waals surface area (Å²) in [5, 5.41) is -0.0935. The summed E-state index contributed by atoms with van der Waals surface area (Å²) in [4.78, 5) is 11.7. The highest BCUT2D eigenvalue weighted by atomic mass is 32.7. The van der Waals surface area contributed by atoms with E-state index in [0.717, 1.165) is 32.6 Å². The van der Waals surface area contributed by atoms with E-state index in [1.54, 1.807) is 6.92 Å². The minimum absolute atomic E-state index is 0.0935. The number of rotatable bonds is 7. The first-order valence-electron chi connectivity index (χ1n) is 5.79. The van der Waals surface area contributed by atoms with E-state index in [4.69, 9.17) is 0 Å². The summed E-state index contributed by atoms with van der Waals surface area (Å²) in [5.41, 5.74) is 0. The minimum Gasteiger partial charge on any atom is -0.419 e. The Hall–Kier alpha value is -0.500. The summed E-state index contributed by atoms with van der Waals surface area (Å²) in [6.45, 7) is 3.21. The summed E-state index contributed by atoms with van der Waals surface area (Å²) in [6.07, 6.45) is 1.59. The zero-order valence-electron chi connectivity index (χ0n) is 12.3. The molecule has 0 aromatic carbocycles. The molecule has 0 aliphatic carbocycles. The van der Waals surface area contributed by atoms with Gasteiger partial charge in [0.15, 0.2) is 0 Å². The molecule has 0 N–H and O–H groups in total. The van der Waals surface area contributed by atoms with Gasteiger partial charge in [-0.1, -0.05) is 31.8 Å². The van der Waals surface area contributed by atoms with Gasteiger partial charge in [0.05, 0.1) is 12.5 Å². The van der Waals surface area contributed by atoms with Crippen LogP contribution < -0.4 is 0 Å². The van der Waals surface area contributed by atoms with Crippen LogP contribution >= 0.6 is 18.0 Å². The van der Waals surface area contributed by atoms with Gasteiger partial charge in [0, 0.05) is 19.3 Å². The largest absolute Gasteiger partial charge is 0.421 e. The van der Waals surface area contributed by atoms with Crippen molar-refractivity contribution in [3.8, 4) is 0 Å². The summed E-state index contributed by atoms with van der Waals surface area (Å²) < 4.78 is 42.5. The smallest absolute Gasteiger partial charge is 0.419 e. The van der Waals surface area contributed by atoms with Gasteiger partial charge in [-0.15, -0.1) is 4.08 Å². The van der Waals surface area contributed by atoms with Gasteiger partial charge >= 0.3 is 12.7 Å². The van der Waals surface area contributed by atoms with Gasteiger partial charge in [0.2, 0.25) is 10.0 Å². The first-order valence-corrected chi connectivity index (χ1v) is 10.7. The Kier molecular flexibility index (Phi) is 7.30. The fourth-order valence-electron chi connectivity index (χ4n) is 1.07. The van der Waals surface area contributed by atoms with Crippen molar-refractivity contribution in [3.63, 3.8) is 0 Å². The Bertz CT molecular complexity index is 508. The Labute approximate surface area is 124 Å². The monoisotopic (exact) mass is 344 g/mol. The molecule has 10 heteroatoms. The van der Waals surface area contributed by atoms with Gasteiger partial charge in [-0.05, 0) is 6.42 Å². The highest BCUT2D eigenvalue weighted by Gasteiger charge is 2.43.